The third kappa shape index (κ3) is 7.54. The van der Waals surface area contributed by atoms with Crippen molar-refractivity contribution >= 4 is 57.2 Å². The number of hydrazone groups is 1. The quantitative estimate of drug-likeness (QED) is 0.149. The second-order valence-electron chi connectivity index (χ2n) is 6.92. The lowest BCUT2D eigenvalue weighted by Gasteiger charge is -2.11. The average Bonchev–Trinajstić information content (AvgIpc) is 2.80. The smallest absolute Gasteiger partial charge is 0.286 e. The van der Waals surface area contributed by atoms with Crippen LogP contribution in [0.3, 0.4) is 0 Å². The molecule has 3 aromatic rings. The molecule has 0 aromatic heterocycles. The molecule has 0 aliphatic carbocycles. The molecule has 0 radical (unpaired) electrons. The van der Waals surface area contributed by atoms with Gasteiger partial charge < -0.3 is 5.73 Å². The number of halogens is 2. The van der Waals surface area contributed by atoms with Crippen LogP contribution in [0.2, 0.25) is 10.0 Å². The second kappa shape index (κ2) is 12.0. The summed E-state index contributed by atoms with van der Waals surface area (Å²) in [5.74, 6) is 5.73. The fourth-order valence-electron chi connectivity index (χ4n) is 2.66. The topological polar surface area (TPSA) is 96.9 Å². The third-order valence-electron chi connectivity index (χ3n) is 4.33. The van der Waals surface area contributed by atoms with Crippen molar-refractivity contribution in [3.63, 3.8) is 0 Å². The number of benzene rings is 3. The first-order valence-electron chi connectivity index (χ1n) is 9.86. The SMILES string of the molecule is Cc1cc(S(=O)(=O)N=C(N)N/N=C/C#Cc2ccccc2)c(SCc2ccc(Cl)cc2)cc1Cl. The Labute approximate surface area is 213 Å². The van der Waals surface area contributed by atoms with Gasteiger partial charge in [-0.25, -0.2) is 5.43 Å². The number of nitrogens with one attached hydrogen (secondary N) is 1. The Hall–Kier alpha value is -2.96. The molecule has 174 valence electrons. The Morgan fingerprint density at radius 1 is 1.12 bits per heavy atom. The maximum Gasteiger partial charge on any atom is 0.286 e. The molecular formula is C24H20Cl2N4O2S2. The predicted octanol–water partition coefficient (Wildman–Crippen LogP) is 5.22. The van der Waals surface area contributed by atoms with Gasteiger partial charge in [-0.05, 0) is 60.4 Å². The number of nitrogens with two attached hydrogens (primary N) is 1. The summed E-state index contributed by atoms with van der Waals surface area (Å²) < 4.78 is 29.6. The lowest BCUT2D eigenvalue weighted by molar-refractivity contribution is 0.595. The number of aryl methyl sites for hydroxylation is 1. The number of hydrogen-bond donors (Lipinski definition) is 2. The molecular weight excluding hydrogens is 511 g/mol. The number of guanidine groups is 1. The van der Waals surface area contributed by atoms with Gasteiger partial charge in [0, 0.05) is 26.3 Å². The van der Waals surface area contributed by atoms with Crippen molar-refractivity contribution in [2.24, 2.45) is 15.2 Å². The molecule has 0 saturated heterocycles. The normalized spacial score (nSPS) is 11.8. The van der Waals surface area contributed by atoms with E-state index in [0.29, 0.717) is 26.3 Å². The molecule has 3 rings (SSSR count). The lowest BCUT2D eigenvalue weighted by Crippen LogP contribution is -2.28. The van der Waals surface area contributed by atoms with Gasteiger partial charge >= 0.3 is 0 Å². The van der Waals surface area contributed by atoms with Crippen LogP contribution in [-0.4, -0.2) is 20.6 Å². The highest BCUT2D eigenvalue weighted by Gasteiger charge is 2.21. The molecule has 0 saturated carbocycles. The maximum atomic E-state index is 13.0. The van der Waals surface area contributed by atoms with Crippen molar-refractivity contribution in [1.82, 2.24) is 5.43 Å². The molecule has 0 fully saturated rings. The minimum atomic E-state index is -4.14. The Balaban J connectivity index is 1.76. The summed E-state index contributed by atoms with van der Waals surface area (Å²) in [7, 11) is -4.14. The van der Waals surface area contributed by atoms with Gasteiger partial charge in [0.25, 0.3) is 10.0 Å². The van der Waals surface area contributed by atoms with Crippen LogP contribution >= 0.6 is 35.0 Å². The van der Waals surface area contributed by atoms with E-state index in [9.17, 15) is 8.42 Å². The Morgan fingerprint density at radius 3 is 2.53 bits per heavy atom. The second-order valence-corrected chi connectivity index (χ2v) is 10.4. The molecule has 0 bridgehead atoms. The van der Waals surface area contributed by atoms with Crippen LogP contribution in [0.4, 0.5) is 0 Å². The Kier molecular flexibility index (Phi) is 9.02. The van der Waals surface area contributed by atoms with Gasteiger partial charge in [0.2, 0.25) is 5.96 Å². The van der Waals surface area contributed by atoms with Gasteiger partial charge in [-0.1, -0.05) is 59.5 Å². The summed E-state index contributed by atoms with van der Waals surface area (Å²) in [5.41, 5.74) is 10.5. The highest BCUT2D eigenvalue weighted by molar-refractivity contribution is 7.99. The van der Waals surface area contributed by atoms with Crippen molar-refractivity contribution in [1.29, 1.82) is 0 Å². The zero-order valence-corrected chi connectivity index (χ0v) is 21.1. The average molecular weight is 531 g/mol. The number of thioether (sulfide) groups is 1. The number of hydrogen-bond acceptors (Lipinski definition) is 4. The van der Waals surface area contributed by atoms with Crippen LogP contribution < -0.4 is 11.2 Å². The van der Waals surface area contributed by atoms with Crippen molar-refractivity contribution < 1.29 is 8.42 Å². The minimum Gasteiger partial charge on any atom is -0.368 e. The van der Waals surface area contributed by atoms with E-state index in [1.54, 1.807) is 25.1 Å². The van der Waals surface area contributed by atoms with E-state index in [4.69, 9.17) is 28.9 Å². The van der Waals surface area contributed by atoms with Crippen LogP contribution in [0.1, 0.15) is 16.7 Å². The highest BCUT2D eigenvalue weighted by Crippen LogP contribution is 2.34. The van der Waals surface area contributed by atoms with Gasteiger partial charge in [0.15, 0.2) is 0 Å². The maximum absolute atomic E-state index is 13.0. The summed E-state index contributed by atoms with van der Waals surface area (Å²) in [6.07, 6.45) is 1.27. The summed E-state index contributed by atoms with van der Waals surface area (Å²) in [4.78, 5) is 0.463. The molecule has 34 heavy (non-hydrogen) atoms. The van der Waals surface area contributed by atoms with E-state index in [-0.39, 0.29) is 10.9 Å². The molecule has 0 unspecified atom stereocenters. The molecule has 0 atom stereocenters. The van der Waals surface area contributed by atoms with Crippen molar-refractivity contribution in [3.05, 3.63) is 93.5 Å². The van der Waals surface area contributed by atoms with Crippen molar-refractivity contribution in [2.75, 3.05) is 0 Å². The fraction of sp³-hybridized carbons (Fsp3) is 0.0833. The van der Waals surface area contributed by atoms with Gasteiger partial charge in [0.1, 0.15) is 4.90 Å². The van der Waals surface area contributed by atoms with E-state index in [2.05, 4.69) is 26.8 Å². The van der Waals surface area contributed by atoms with Crippen LogP contribution in [0.15, 0.2) is 86.0 Å². The van der Waals surface area contributed by atoms with E-state index >= 15 is 0 Å². The molecule has 3 aromatic carbocycles. The Bertz CT molecular complexity index is 1380. The first-order chi connectivity index (χ1) is 16.2. The van der Waals surface area contributed by atoms with Gasteiger partial charge in [-0.15, -0.1) is 16.2 Å². The van der Waals surface area contributed by atoms with Crippen LogP contribution in [0, 0.1) is 18.8 Å². The summed E-state index contributed by atoms with van der Waals surface area (Å²) in [5, 5.41) is 4.87. The van der Waals surface area contributed by atoms with Crippen LogP contribution in [-0.2, 0) is 15.8 Å². The molecule has 0 amide bonds. The minimum absolute atomic E-state index is 0.00552. The lowest BCUT2D eigenvalue weighted by atomic mass is 10.2. The largest absolute Gasteiger partial charge is 0.368 e. The van der Waals surface area contributed by atoms with E-state index < -0.39 is 10.0 Å². The zero-order chi connectivity index (χ0) is 24.6. The first-order valence-corrected chi connectivity index (χ1v) is 13.0. The molecule has 6 nitrogen and oxygen atoms in total. The summed E-state index contributed by atoms with van der Waals surface area (Å²) >= 11 is 13.5. The molecule has 0 spiro atoms. The van der Waals surface area contributed by atoms with Crippen molar-refractivity contribution in [3.8, 4) is 11.8 Å². The summed E-state index contributed by atoms with van der Waals surface area (Å²) in [6.45, 7) is 1.72. The molecule has 0 heterocycles. The van der Waals surface area contributed by atoms with Crippen LogP contribution in [0.5, 0.6) is 0 Å². The molecule has 0 aliphatic heterocycles. The number of nitrogens with zero attached hydrogens (tertiary/aromatic N) is 2. The van der Waals surface area contributed by atoms with E-state index in [1.807, 2.05) is 42.5 Å². The van der Waals surface area contributed by atoms with Gasteiger partial charge in [-0.2, -0.15) is 13.5 Å². The first kappa shape index (κ1) is 25.7. The monoisotopic (exact) mass is 530 g/mol. The molecule has 10 heteroatoms. The number of rotatable bonds is 6. The van der Waals surface area contributed by atoms with Gasteiger partial charge in [-0.3, -0.25) is 0 Å². The number of sulfonamides is 1. The Morgan fingerprint density at radius 2 is 1.82 bits per heavy atom. The van der Waals surface area contributed by atoms with Crippen LogP contribution in [0.25, 0.3) is 0 Å². The molecule has 0 aliphatic rings. The standard InChI is InChI=1S/C24H20Cl2N4O2S2/c1-17-14-23(22(15-21(17)26)33-16-19-9-11-20(25)12-10-19)34(31,32)30-24(27)29-28-13-5-8-18-6-3-2-4-7-18/h2-4,6-7,9-15H,16H2,1H3,(H3,27,29,30)/b28-13+. The third-order valence-corrected chi connectivity index (χ3v) is 7.57. The zero-order valence-electron chi connectivity index (χ0n) is 18.0. The summed E-state index contributed by atoms with van der Waals surface area (Å²) in [6, 6.07) is 19.7. The van der Waals surface area contributed by atoms with Gasteiger partial charge in [0.05, 0.1) is 6.21 Å². The van der Waals surface area contributed by atoms with E-state index in [0.717, 1.165) is 11.1 Å². The van der Waals surface area contributed by atoms with E-state index in [1.165, 1.54) is 24.0 Å². The predicted molar refractivity (Wildman–Crippen MR) is 141 cm³/mol. The highest BCUT2D eigenvalue weighted by atomic mass is 35.5. The molecule has 3 N–H and O–H groups in total. The fourth-order valence-corrected chi connectivity index (χ4v) is 5.46. The van der Waals surface area contributed by atoms with Crippen molar-refractivity contribution in [2.45, 2.75) is 22.5 Å².